The third-order valence-electron chi connectivity index (χ3n) is 5.01. The Balaban J connectivity index is 1.68. The number of rotatable bonds is 4. The lowest BCUT2D eigenvalue weighted by atomic mass is 10.0. The monoisotopic (exact) mass is 371 g/mol. The minimum atomic E-state index is -3.15. The van der Waals surface area contributed by atoms with Gasteiger partial charge in [0, 0.05) is 18.1 Å². The molecule has 1 aliphatic carbocycles. The molecule has 2 fully saturated rings. The fraction of sp³-hybridized carbons (Fsp3) is 0.588. The summed E-state index contributed by atoms with van der Waals surface area (Å²) in [6, 6.07) is 4.86. The van der Waals surface area contributed by atoms with Crippen LogP contribution in [0.4, 0.5) is 0 Å². The maximum absolute atomic E-state index is 12.7. The van der Waals surface area contributed by atoms with Crippen molar-refractivity contribution >= 4 is 27.3 Å². The lowest BCUT2D eigenvalue weighted by Gasteiger charge is -2.41. The second-order valence-corrected chi connectivity index (χ2v) is 9.47. The van der Waals surface area contributed by atoms with E-state index in [1.807, 2.05) is 0 Å². The minimum Gasteiger partial charge on any atom is -0.496 e. The normalized spacial score (nSPS) is 19.8. The Morgan fingerprint density at radius 3 is 2.46 bits per heavy atom. The molecule has 0 spiro atoms. The predicted molar refractivity (Wildman–Crippen MR) is 93.5 cm³/mol. The fourth-order valence-electron chi connectivity index (χ4n) is 3.50. The van der Waals surface area contributed by atoms with Crippen LogP contribution in [0.5, 0.6) is 5.75 Å². The van der Waals surface area contributed by atoms with Crippen LogP contribution in [0.15, 0.2) is 18.2 Å². The van der Waals surface area contributed by atoms with E-state index in [0.29, 0.717) is 16.3 Å². The molecule has 1 aromatic carbocycles. The van der Waals surface area contributed by atoms with E-state index >= 15 is 0 Å². The first-order valence-corrected chi connectivity index (χ1v) is 10.3. The van der Waals surface area contributed by atoms with Crippen LogP contribution in [0, 0.1) is 0 Å². The van der Waals surface area contributed by atoms with E-state index in [0.717, 1.165) is 32.1 Å². The molecule has 1 saturated heterocycles. The zero-order chi connectivity index (χ0) is 17.3. The zero-order valence-electron chi connectivity index (χ0n) is 13.7. The van der Waals surface area contributed by atoms with Crippen LogP contribution >= 0.6 is 11.6 Å². The van der Waals surface area contributed by atoms with Gasteiger partial charge in [-0.05, 0) is 31.0 Å². The van der Waals surface area contributed by atoms with Crippen molar-refractivity contribution in [1.29, 1.82) is 0 Å². The highest BCUT2D eigenvalue weighted by atomic mass is 35.5. The molecule has 1 saturated carbocycles. The Labute approximate surface area is 147 Å². The van der Waals surface area contributed by atoms with Crippen molar-refractivity contribution in [2.24, 2.45) is 0 Å². The first kappa shape index (κ1) is 17.5. The van der Waals surface area contributed by atoms with Crippen LogP contribution in [0.3, 0.4) is 0 Å². The van der Waals surface area contributed by atoms with Crippen molar-refractivity contribution in [3.05, 3.63) is 28.8 Å². The molecule has 1 aromatic rings. The summed E-state index contributed by atoms with van der Waals surface area (Å²) in [7, 11) is -1.66. The van der Waals surface area contributed by atoms with Crippen molar-refractivity contribution in [1.82, 2.24) is 4.90 Å². The van der Waals surface area contributed by atoms with E-state index in [9.17, 15) is 13.2 Å². The molecule has 0 N–H and O–H groups in total. The molecular formula is C17H22ClNO4S. The minimum absolute atomic E-state index is 0.228. The lowest BCUT2D eigenvalue weighted by Crippen LogP contribution is -2.58. The highest BCUT2D eigenvalue weighted by molar-refractivity contribution is 7.92. The number of likely N-dealkylation sites (tertiary alicyclic amines) is 1. The average Bonchev–Trinajstić information content (AvgIpc) is 2.54. The van der Waals surface area contributed by atoms with E-state index in [1.165, 1.54) is 7.11 Å². The van der Waals surface area contributed by atoms with Crippen molar-refractivity contribution in [3.63, 3.8) is 0 Å². The van der Waals surface area contributed by atoms with Gasteiger partial charge in [0.1, 0.15) is 5.75 Å². The number of benzene rings is 1. The Kier molecular flexibility index (Phi) is 5.06. The molecule has 2 aliphatic rings. The summed E-state index contributed by atoms with van der Waals surface area (Å²) in [6.07, 6.45) is 4.61. The first-order valence-electron chi connectivity index (χ1n) is 8.29. The largest absolute Gasteiger partial charge is 0.496 e. The van der Waals surface area contributed by atoms with Gasteiger partial charge in [-0.15, -0.1) is 0 Å². The van der Waals surface area contributed by atoms with Crippen molar-refractivity contribution < 1.29 is 17.9 Å². The molecule has 0 radical (unpaired) electrons. The van der Waals surface area contributed by atoms with E-state index in [1.54, 1.807) is 23.1 Å². The molecule has 24 heavy (non-hydrogen) atoms. The van der Waals surface area contributed by atoms with Crippen LogP contribution in [0.2, 0.25) is 5.02 Å². The van der Waals surface area contributed by atoms with Gasteiger partial charge >= 0.3 is 0 Å². The summed E-state index contributed by atoms with van der Waals surface area (Å²) >= 11 is 5.96. The number of nitrogens with zero attached hydrogens (tertiary/aromatic N) is 1. The molecule has 1 amide bonds. The molecule has 5 nitrogen and oxygen atoms in total. The van der Waals surface area contributed by atoms with Gasteiger partial charge in [0.05, 0.1) is 23.2 Å². The van der Waals surface area contributed by atoms with Gasteiger partial charge < -0.3 is 9.64 Å². The summed E-state index contributed by atoms with van der Waals surface area (Å²) in [5.41, 5.74) is 0.374. The van der Waals surface area contributed by atoms with Gasteiger partial charge in [-0.1, -0.05) is 30.9 Å². The number of methoxy groups -OCH3 is 1. The highest BCUT2D eigenvalue weighted by Crippen LogP contribution is 2.32. The van der Waals surface area contributed by atoms with Gasteiger partial charge in [-0.25, -0.2) is 8.42 Å². The van der Waals surface area contributed by atoms with Gasteiger partial charge in [-0.2, -0.15) is 0 Å². The molecular weight excluding hydrogens is 350 g/mol. The molecule has 132 valence electrons. The summed E-state index contributed by atoms with van der Waals surface area (Å²) in [5.74, 6) is 0.215. The third kappa shape index (κ3) is 3.26. The third-order valence-corrected chi connectivity index (χ3v) is 7.87. The Bertz CT molecular complexity index is 722. The lowest BCUT2D eigenvalue weighted by molar-refractivity contribution is 0.0654. The van der Waals surface area contributed by atoms with E-state index in [4.69, 9.17) is 16.3 Å². The van der Waals surface area contributed by atoms with Gasteiger partial charge in [0.2, 0.25) is 0 Å². The van der Waals surface area contributed by atoms with E-state index in [2.05, 4.69) is 0 Å². The number of amides is 1. The SMILES string of the molecule is COc1ccc(Cl)cc1C(=O)N1CC(S(=O)(=O)C2CCCCC2)C1. The molecule has 0 atom stereocenters. The molecule has 1 heterocycles. The van der Waals surface area contributed by atoms with Crippen LogP contribution in [-0.2, 0) is 9.84 Å². The second-order valence-electron chi connectivity index (χ2n) is 6.53. The molecule has 1 aliphatic heterocycles. The quantitative estimate of drug-likeness (QED) is 0.816. The number of carbonyl (C=O) groups is 1. The topological polar surface area (TPSA) is 63.7 Å². The Hall–Kier alpha value is -1.27. The maximum Gasteiger partial charge on any atom is 0.257 e. The maximum atomic E-state index is 12.7. The average molecular weight is 372 g/mol. The van der Waals surface area contributed by atoms with Crippen LogP contribution in [0.1, 0.15) is 42.5 Å². The van der Waals surface area contributed by atoms with E-state index in [-0.39, 0.29) is 24.2 Å². The number of carbonyl (C=O) groups excluding carboxylic acids is 1. The van der Waals surface area contributed by atoms with Crippen LogP contribution in [-0.4, -0.2) is 49.9 Å². The standard InChI is InChI=1S/C17H22ClNO4S/c1-23-16-8-7-12(18)9-15(16)17(20)19-10-14(11-19)24(21,22)13-5-3-2-4-6-13/h7-9,13-14H,2-6,10-11H2,1H3. The Morgan fingerprint density at radius 2 is 1.83 bits per heavy atom. The van der Waals surface area contributed by atoms with Gasteiger partial charge in [0.15, 0.2) is 9.84 Å². The van der Waals surface area contributed by atoms with Crippen LogP contribution < -0.4 is 4.74 Å². The summed E-state index contributed by atoms with van der Waals surface area (Å²) < 4.78 is 30.5. The number of halogens is 1. The fourth-order valence-corrected chi connectivity index (χ4v) is 5.98. The highest BCUT2D eigenvalue weighted by Gasteiger charge is 2.44. The summed E-state index contributed by atoms with van der Waals surface area (Å²) in [5, 5.41) is -0.213. The predicted octanol–water partition coefficient (Wildman–Crippen LogP) is 2.92. The van der Waals surface area contributed by atoms with Crippen LogP contribution in [0.25, 0.3) is 0 Å². The number of hydrogen-bond acceptors (Lipinski definition) is 4. The zero-order valence-corrected chi connectivity index (χ0v) is 15.3. The summed E-state index contributed by atoms with van der Waals surface area (Å²) in [6.45, 7) is 0.515. The summed E-state index contributed by atoms with van der Waals surface area (Å²) in [4.78, 5) is 14.2. The first-order chi connectivity index (χ1) is 11.4. The van der Waals surface area contributed by atoms with Crippen molar-refractivity contribution in [3.8, 4) is 5.75 Å². The number of hydrogen-bond donors (Lipinski definition) is 0. The van der Waals surface area contributed by atoms with Gasteiger partial charge in [0.25, 0.3) is 5.91 Å². The second kappa shape index (κ2) is 6.92. The van der Waals surface area contributed by atoms with Crippen molar-refractivity contribution in [2.45, 2.75) is 42.6 Å². The molecule has 0 unspecified atom stereocenters. The van der Waals surface area contributed by atoms with Gasteiger partial charge in [-0.3, -0.25) is 4.79 Å². The van der Waals surface area contributed by atoms with E-state index < -0.39 is 15.1 Å². The smallest absolute Gasteiger partial charge is 0.257 e. The molecule has 0 bridgehead atoms. The molecule has 7 heteroatoms. The number of sulfone groups is 1. The van der Waals surface area contributed by atoms with Crippen molar-refractivity contribution in [2.75, 3.05) is 20.2 Å². The molecule has 0 aromatic heterocycles. The Morgan fingerprint density at radius 1 is 1.17 bits per heavy atom. The number of ether oxygens (including phenoxy) is 1. The molecule has 3 rings (SSSR count).